The van der Waals surface area contributed by atoms with Gasteiger partial charge in [-0.2, -0.15) is 0 Å². The van der Waals surface area contributed by atoms with Gasteiger partial charge in [0, 0.05) is 23.1 Å². The maximum Gasteiger partial charge on any atom is 0.238 e. The average molecular weight is 408 g/mol. The fraction of sp³-hybridized carbons (Fsp3) is 0.562. The second-order valence-corrected chi connectivity index (χ2v) is 10.6. The first-order chi connectivity index (χ1) is 11.2. The number of thioether (sulfide) groups is 2. The molecule has 2 unspecified atom stereocenters. The summed E-state index contributed by atoms with van der Waals surface area (Å²) >= 11 is 15.7. The fourth-order valence-electron chi connectivity index (χ4n) is 2.40. The van der Waals surface area contributed by atoms with Crippen LogP contribution in [0.1, 0.15) is 25.8 Å². The monoisotopic (exact) mass is 407 g/mol. The first-order valence-electron chi connectivity index (χ1n) is 7.72. The minimum Gasteiger partial charge on any atom is -0.351 e. The molecule has 1 aliphatic rings. The molecule has 134 valence electrons. The van der Waals surface area contributed by atoms with Crippen LogP contribution in [0.4, 0.5) is 0 Å². The van der Waals surface area contributed by atoms with Crippen molar-refractivity contribution in [2.75, 3.05) is 5.75 Å². The van der Waals surface area contributed by atoms with Gasteiger partial charge in [-0.1, -0.05) is 35.3 Å². The maximum atomic E-state index is 12.4. The molecular formula is C16H23Cl2N3OS2. The Balaban J connectivity index is 1.91. The molecule has 8 heteroatoms. The quantitative estimate of drug-likeness (QED) is 0.673. The van der Waals surface area contributed by atoms with Crippen LogP contribution in [0.5, 0.6) is 0 Å². The molecule has 0 aromatic heterocycles. The number of benzene rings is 1. The van der Waals surface area contributed by atoms with Gasteiger partial charge in [-0.15, -0.1) is 23.5 Å². The van der Waals surface area contributed by atoms with Gasteiger partial charge in [-0.05, 0) is 31.9 Å². The highest BCUT2D eigenvalue weighted by atomic mass is 35.5. The summed E-state index contributed by atoms with van der Waals surface area (Å²) in [5.74, 6) is 0.762. The van der Waals surface area contributed by atoms with Crippen LogP contribution >= 0.6 is 46.7 Å². The summed E-state index contributed by atoms with van der Waals surface area (Å²) in [5, 5.41) is 3.78. The molecule has 2 rings (SSSR count). The molecular weight excluding hydrogens is 385 g/mol. The van der Waals surface area contributed by atoms with Crippen LogP contribution in [0.15, 0.2) is 18.2 Å². The number of halogens is 2. The first kappa shape index (κ1) is 20.2. The Morgan fingerprint density at radius 2 is 2.21 bits per heavy atom. The Kier molecular flexibility index (Phi) is 7.17. The fourth-order valence-corrected chi connectivity index (χ4v) is 6.30. The highest BCUT2D eigenvalue weighted by Gasteiger charge is 2.37. The van der Waals surface area contributed by atoms with E-state index < -0.39 is 6.04 Å². The van der Waals surface area contributed by atoms with Gasteiger partial charge in [0.15, 0.2) is 0 Å². The van der Waals surface area contributed by atoms with E-state index in [9.17, 15) is 4.79 Å². The Morgan fingerprint density at radius 1 is 1.50 bits per heavy atom. The normalized spacial score (nSPS) is 22.4. The minimum atomic E-state index is -0.627. The topological polar surface area (TPSA) is 81.1 Å². The Morgan fingerprint density at radius 3 is 2.83 bits per heavy atom. The lowest BCUT2D eigenvalue weighted by molar-refractivity contribution is -0.123. The number of amides is 1. The van der Waals surface area contributed by atoms with Crippen LogP contribution in [-0.4, -0.2) is 33.1 Å². The number of rotatable bonds is 6. The van der Waals surface area contributed by atoms with Gasteiger partial charge >= 0.3 is 0 Å². The molecule has 0 bridgehead atoms. The molecule has 24 heavy (non-hydrogen) atoms. The van der Waals surface area contributed by atoms with Gasteiger partial charge in [0.05, 0.1) is 20.7 Å². The summed E-state index contributed by atoms with van der Waals surface area (Å²) < 4.78 is 0.000410. The molecule has 0 aliphatic carbocycles. The van der Waals surface area contributed by atoms with Gasteiger partial charge < -0.3 is 16.8 Å². The summed E-state index contributed by atoms with van der Waals surface area (Å²) in [5.41, 5.74) is 12.9. The van der Waals surface area contributed by atoms with E-state index in [1.807, 2.05) is 31.7 Å². The van der Waals surface area contributed by atoms with E-state index in [-0.39, 0.29) is 16.7 Å². The summed E-state index contributed by atoms with van der Waals surface area (Å²) in [6.45, 7) is 4.30. The van der Waals surface area contributed by atoms with Crippen LogP contribution in [0, 0.1) is 0 Å². The van der Waals surface area contributed by atoms with E-state index in [0.717, 1.165) is 17.7 Å². The SMILES string of the molecule is CC(C)(SC1CC(N)CS1)[C@H](N)C(=O)NCc1cccc(Cl)c1Cl. The second-order valence-electron chi connectivity index (χ2n) is 6.39. The Hall–Kier alpha value is -0.110. The zero-order chi connectivity index (χ0) is 17.9. The molecule has 5 N–H and O–H groups in total. The second kappa shape index (κ2) is 8.52. The number of nitrogens with one attached hydrogen (secondary N) is 1. The van der Waals surface area contributed by atoms with Crippen LogP contribution < -0.4 is 16.8 Å². The predicted molar refractivity (Wildman–Crippen MR) is 107 cm³/mol. The Bertz CT molecular complexity index is 601. The largest absolute Gasteiger partial charge is 0.351 e. The lowest BCUT2D eigenvalue weighted by Gasteiger charge is -2.32. The molecule has 0 spiro atoms. The summed E-state index contributed by atoms with van der Waals surface area (Å²) in [4.78, 5) is 12.4. The molecule has 1 aromatic carbocycles. The lowest BCUT2D eigenvalue weighted by Crippen LogP contribution is -2.52. The number of carbonyl (C=O) groups is 1. The van der Waals surface area contributed by atoms with E-state index in [0.29, 0.717) is 21.2 Å². The molecule has 1 aliphatic heterocycles. The van der Waals surface area contributed by atoms with Crippen molar-refractivity contribution in [3.8, 4) is 0 Å². The third-order valence-corrected chi connectivity index (χ3v) is 8.00. The highest BCUT2D eigenvalue weighted by Crippen LogP contribution is 2.42. The molecule has 1 heterocycles. The van der Waals surface area contributed by atoms with Gasteiger partial charge in [0.2, 0.25) is 5.91 Å². The zero-order valence-corrected chi connectivity index (χ0v) is 16.9. The molecule has 1 aromatic rings. The number of hydrogen-bond acceptors (Lipinski definition) is 5. The van der Waals surface area contributed by atoms with Crippen LogP contribution in [-0.2, 0) is 11.3 Å². The standard InChI is InChI=1S/C16H23Cl2N3OS2/c1-16(2,24-12-6-10(19)8-23-12)14(20)15(22)21-7-9-4-3-5-11(17)13(9)18/h3-5,10,12,14H,6-8,19-20H2,1-2H3,(H,21,22)/t10?,12?,14-/m1/s1. The Labute approximate surface area is 161 Å². The molecule has 0 saturated carbocycles. The van der Waals surface area contributed by atoms with E-state index in [1.165, 1.54) is 0 Å². The van der Waals surface area contributed by atoms with Crippen LogP contribution in [0.3, 0.4) is 0 Å². The lowest BCUT2D eigenvalue weighted by atomic mass is 10.0. The van der Waals surface area contributed by atoms with Gasteiger partial charge in [-0.25, -0.2) is 0 Å². The van der Waals surface area contributed by atoms with Gasteiger partial charge in [0.1, 0.15) is 0 Å². The van der Waals surface area contributed by atoms with E-state index in [1.54, 1.807) is 23.9 Å². The van der Waals surface area contributed by atoms with Crippen molar-refractivity contribution in [3.63, 3.8) is 0 Å². The molecule has 1 amide bonds. The van der Waals surface area contributed by atoms with Crippen molar-refractivity contribution in [2.24, 2.45) is 11.5 Å². The van der Waals surface area contributed by atoms with Gasteiger partial charge in [-0.3, -0.25) is 4.79 Å². The molecule has 3 atom stereocenters. The molecule has 4 nitrogen and oxygen atoms in total. The van der Waals surface area contributed by atoms with Crippen molar-refractivity contribution < 1.29 is 4.79 Å². The van der Waals surface area contributed by atoms with Crippen molar-refractivity contribution >= 4 is 52.6 Å². The van der Waals surface area contributed by atoms with E-state index >= 15 is 0 Å². The molecule has 0 radical (unpaired) electrons. The third-order valence-electron chi connectivity index (χ3n) is 3.94. The van der Waals surface area contributed by atoms with E-state index in [2.05, 4.69) is 5.32 Å². The number of carbonyl (C=O) groups excluding carboxylic acids is 1. The van der Waals surface area contributed by atoms with Crippen molar-refractivity contribution in [2.45, 2.75) is 48.2 Å². The van der Waals surface area contributed by atoms with Crippen LogP contribution in [0.25, 0.3) is 0 Å². The number of hydrogen-bond donors (Lipinski definition) is 3. The minimum absolute atomic E-state index is 0.198. The highest BCUT2D eigenvalue weighted by molar-refractivity contribution is 8.17. The average Bonchev–Trinajstić information content (AvgIpc) is 2.92. The van der Waals surface area contributed by atoms with Crippen molar-refractivity contribution in [1.82, 2.24) is 5.32 Å². The van der Waals surface area contributed by atoms with Crippen molar-refractivity contribution in [1.29, 1.82) is 0 Å². The van der Waals surface area contributed by atoms with Gasteiger partial charge in [0.25, 0.3) is 0 Å². The molecule has 1 saturated heterocycles. The first-order valence-corrected chi connectivity index (χ1v) is 10.4. The zero-order valence-electron chi connectivity index (χ0n) is 13.7. The van der Waals surface area contributed by atoms with Crippen molar-refractivity contribution in [3.05, 3.63) is 33.8 Å². The number of nitrogens with two attached hydrogens (primary N) is 2. The third kappa shape index (κ3) is 5.19. The summed E-state index contributed by atoms with van der Waals surface area (Å²) in [6, 6.07) is 4.95. The smallest absolute Gasteiger partial charge is 0.238 e. The predicted octanol–water partition coefficient (Wildman–Crippen LogP) is 3.24. The van der Waals surface area contributed by atoms with Crippen LogP contribution in [0.2, 0.25) is 10.0 Å². The maximum absolute atomic E-state index is 12.4. The summed E-state index contributed by atoms with van der Waals surface area (Å²) in [7, 11) is 0. The summed E-state index contributed by atoms with van der Waals surface area (Å²) in [6.07, 6.45) is 0.950. The molecule has 1 fully saturated rings. The van der Waals surface area contributed by atoms with E-state index in [4.69, 9.17) is 34.7 Å².